The monoisotopic (exact) mass is 250 g/mol. The predicted molar refractivity (Wildman–Crippen MR) is 81.1 cm³/mol. The van der Waals surface area contributed by atoms with Gasteiger partial charge in [0.25, 0.3) is 0 Å². The van der Waals surface area contributed by atoms with E-state index in [4.69, 9.17) is 0 Å². The van der Waals surface area contributed by atoms with Gasteiger partial charge in [-0.15, -0.1) is 0 Å². The number of para-hydroxylation sites is 1. The van der Waals surface area contributed by atoms with E-state index in [9.17, 15) is 0 Å². The van der Waals surface area contributed by atoms with Crippen molar-refractivity contribution in [1.29, 1.82) is 0 Å². The van der Waals surface area contributed by atoms with Gasteiger partial charge in [0.1, 0.15) is 0 Å². The third-order valence-electron chi connectivity index (χ3n) is 3.38. The standard InChI is InChI=1S/C17H18N2/c1-19(2)12-13-7-3-4-8-14(13)16-11-18-17-10-6-5-9-15(16)17/h3-11,18H,12H2,1-2H3. The molecule has 0 fully saturated rings. The summed E-state index contributed by atoms with van der Waals surface area (Å²) in [6, 6.07) is 17.1. The first-order valence-corrected chi connectivity index (χ1v) is 6.55. The minimum Gasteiger partial charge on any atom is -0.361 e. The molecule has 0 saturated carbocycles. The third kappa shape index (κ3) is 2.27. The lowest BCUT2D eigenvalue weighted by atomic mass is 9.99. The molecule has 0 aliphatic rings. The number of hydrogen-bond acceptors (Lipinski definition) is 1. The van der Waals surface area contributed by atoms with Crippen LogP contribution in [0.4, 0.5) is 0 Å². The average molecular weight is 250 g/mol. The maximum absolute atomic E-state index is 3.35. The van der Waals surface area contributed by atoms with Crippen LogP contribution in [0.5, 0.6) is 0 Å². The highest BCUT2D eigenvalue weighted by Gasteiger charge is 2.09. The predicted octanol–water partition coefficient (Wildman–Crippen LogP) is 3.90. The normalized spacial score (nSPS) is 11.3. The van der Waals surface area contributed by atoms with Crippen LogP contribution < -0.4 is 0 Å². The second-order valence-corrected chi connectivity index (χ2v) is 5.14. The summed E-state index contributed by atoms with van der Waals surface area (Å²) in [5, 5.41) is 1.29. The van der Waals surface area contributed by atoms with Crippen LogP contribution >= 0.6 is 0 Å². The van der Waals surface area contributed by atoms with E-state index < -0.39 is 0 Å². The zero-order valence-electron chi connectivity index (χ0n) is 11.4. The van der Waals surface area contributed by atoms with Crippen LogP contribution in [0.1, 0.15) is 5.56 Å². The first-order valence-electron chi connectivity index (χ1n) is 6.55. The van der Waals surface area contributed by atoms with Gasteiger partial charge >= 0.3 is 0 Å². The molecular formula is C17H18N2. The van der Waals surface area contributed by atoms with Crippen LogP contribution in [0, 0.1) is 0 Å². The van der Waals surface area contributed by atoms with Crippen LogP contribution in [0.15, 0.2) is 54.7 Å². The van der Waals surface area contributed by atoms with E-state index in [0.29, 0.717) is 0 Å². The molecule has 2 heteroatoms. The van der Waals surface area contributed by atoms with Gasteiger partial charge in [0.05, 0.1) is 0 Å². The molecule has 19 heavy (non-hydrogen) atoms. The lowest BCUT2D eigenvalue weighted by molar-refractivity contribution is 0.403. The van der Waals surface area contributed by atoms with Crippen LogP contribution in [0.3, 0.4) is 0 Å². The SMILES string of the molecule is CN(C)Cc1ccccc1-c1c[nH]c2ccccc12. The number of nitrogens with one attached hydrogen (secondary N) is 1. The summed E-state index contributed by atoms with van der Waals surface area (Å²) in [5.74, 6) is 0. The molecule has 0 amide bonds. The minimum absolute atomic E-state index is 0.954. The van der Waals surface area contributed by atoms with Gasteiger partial charge in [-0.05, 0) is 31.3 Å². The summed E-state index contributed by atoms with van der Waals surface area (Å²) in [5.41, 5.74) is 5.15. The van der Waals surface area contributed by atoms with Gasteiger partial charge in [-0.2, -0.15) is 0 Å². The summed E-state index contributed by atoms with van der Waals surface area (Å²) in [7, 11) is 4.21. The van der Waals surface area contributed by atoms with Gasteiger partial charge in [0, 0.05) is 29.2 Å². The Labute approximate surface area is 113 Å². The van der Waals surface area contributed by atoms with Crippen molar-refractivity contribution >= 4 is 10.9 Å². The van der Waals surface area contributed by atoms with Crippen molar-refractivity contribution in [3.63, 3.8) is 0 Å². The van der Waals surface area contributed by atoms with Crippen LogP contribution in [0.25, 0.3) is 22.0 Å². The van der Waals surface area contributed by atoms with Crippen molar-refractivity contribution in [3.8, 4) is 11.1 Å². The number of nitrogens with zero attached hydrogens (tertiary/aromatic N) is 1. The van der Waals surface area contributed by atoms with E-state index in [0.717, 1.165) is 6.54 Å². The average Bonchev–Trinajstić information content (AvgIpc) is 2.82. The Hall–Kier alpha value is -2.06. The van der Waals surface area contributed by atoms with Gasteiger partial charge in [0.2, 0.25) is 0 Å². The molecule has 0 atom stereocenters. The Morgan fingerprint density at radius 1 is 0.895 bits per heavy atom. The number of aromatic amines is 1. The van der Waals surface area contributed by atoms with Crippen LogP contribution in [-0.2, 0) is 6.54 Å². The van der Waals surface area contributed by atoms with Gasteiger partial charge in [-0.1, -0.05) is 42.5 Å². The van der Waals surface area contributed by atoms with E-state index in [1.54, 1.807) is 0 Å². The molecule has 2 nitrogen and oxygen atoms in total. The van der Waals surface area contributed by atoms with E-state index in [2.05, 4.69) is 78.7 Å². The van der Waals surface area contributed by atoms with E-state index in [1.807, 2.05) is 0 Å². The highest BCUT2D eigenvalue weighted by atomic mass is 15.0. The Kier molecular flexibility index (Phi) is 3.10. The smallest absolute Gasteiger partial charge is 0.0460 e. The summed E-state index contributed by atoms with van der Waals surface area (Å²) in [6.07, 6.45) is 2.11. The largest absolute Gasteiger partial charge is 0.361 e. The molecule has 3 rings (SSSR count). The summed E-state index contributed by atoms with van der Waals surface area (Å²) in [6.45, 7) is 0.954. The summed E-state index contributed by atoms with van der Waals surface area (Å²) < 4.78 is 0. The molecule has 1 heterocycles. The Morgan fingerprint density at radius 3 is 2.47 bits per heavy atom. The lowest BCUT2D eigenvalue weighted by Gasteiger charge is -2.13. The Balaban J connectivity index is 2.16. The first kappa shape index (κ1) is 12.0. The number of benzene rings is 2. The molecule has 0 aliphatic carbocycles. The van der Waals surface area contributed by atoms with E-state index >= 15 is 0 Å². The molecule has 0 saturated heterocycles. The second kappa shape index (κ2) is 4.90. The molecule has 3 aromatic rings. The van der Waals surface area contributed by atoms with Crippen molar-refractivity contribution in [2.75, 3.05) is 14.1 Å². The molecule has 0 aliphatic heterocycles. The number of rotatable bonds is 3. The molecule has 0 unspecified atom stereocenters. The molecule has 0 spiro atoms. The lowest BCUT2D eigenvalue weighted by Crippen LogP contribution is -2.11. The van der Waals surface area contributed by atoms with Crippen molar-refractivity contribution in [2.24, 2.45) is 0 Å². The van der Waals surface area contributed by atoms with E-state index in [-0.39, 0.29) is 0 Å². The molecular weight excluding hydrogens is 232 g/mol. The van der Waals surface area contributed by atoms with E-state index in [1.165, 1.54) is 27.6 Å². The van der Waals surface area contributed by atoms with Gasteiger partial charge in [-0.3, -0.25) is 0 Å². The zero-order valence-corrected chi connectivity index (χ0v) is 11.4. The molecule has 96 valence electrons. The Morgan fingerprint density at radius 2 is 1.63 bits per heavy atom. The van der Waals surface area contributed by atoms with Crippen molar-refractivity contribution < 1.29 is 0 Å². The fourth-order valence-corrected chi connectivity index (χ4v) is 2.56. The number of H-pyrrole nitrogens is 1. The first-order chi connectivity index (χ1) is 9.25. The minimum atomic E-state index is 0.954. The highest BCUT2D eigenvalue weighted by Crippen LogP contribution is 2.31. The Bertz CT molecular complexity index is 695. The van der Waals surface area contributed by atoms with Crippen LogP contribution in [-0.4, -0.2) is 24.0 Å². The fourth-order valence-electron chi connectivity index (χ4n) is 2.56. The molecule has 1 N–H and O–H groups in total. The van der Waals surface area contributed by atoms with Crippen molar-refractivity contribution in [3.05, 3.63) is 60.3 Å². The van der Waals surface area contributed by atoms with Crippen LogP contribution in [0.2, 0.25) is 0 Å². The molecule has 1 aromatic heterocycles. The zero-order chi connectivity index (χ0) is 13.2. The number of fused-ring (bicyclic) bond motifs is 1. The summed E-state index contributed by atoms with van der Waals surface area (Å²) in [4.78, 5) is 5.56. The molecule has 2 aromatic carbocycles. The van der Waals surface area contributed by atoms with Crippen molar-refractivity contribution in [2.45, 2.75) is 6.54 Å². The second-order valence-electron chi connectivity index (χ2n) is 5.14. The maximum Gasteiger partial charge on any atom is 0.0460 e. The van der Waals surface area contributed by atoms with Crippen molar-refractivity contribution in [1.82, 2.24) is 9.88 Å². The van der Waals surface area contributed by atoms with Gasteiger partial charge in [0.15, 0.2) is 0 Å². The molecule has 0 radical (unpaired) electrons. The highest BCUT2D eigenvalue weighted by molar-refractivity contribution is 5.96. The molecule has 0 bridgehead atoms. The quantitative estimate of drug-likeness (QED) is 0.747. The number of hydrogen-bond donors (Lipinski definition) is 1. The summed E-state index contributed by atoms with van der Waals surface area (Å²) >= 11 is 0. The fraction of sp³-hybridized carbons (Fsp3) is 0.176. The van der Waals surface area contributed by atoms with Gasteiger partial charge < -0.3 is 9.88 Å². The topological polar surface area (TPSA) is 19.0 Å². The number of aromatic nitrogens is 1. The maximum atomic E-state index is 3.35. The third-order valence-corrected chi connectivity index (χ3v) is 3.38. The van der Waals surface area contributed by atoms with Gasteiger partial charge in [-0.25, -0.2) is 0 Å².